The molecule has 19 heavy (non-hydrogen) atoms. The van der Waals surface area contributed by atoms with Crippen LogP contribution in [0.25, 0.3) is 0 Å². The van der Waals surface area contributed by atoms with Crippen LogP contribution in [0.5, 0.6) is 0 Å². The van der Waals surface area contributed by atoms with Gasteiger partial charge in [0, 0.05) is 13.0 Å². The highest BCUT2D eigenvalue weighted by Crippen LogP contribution is 2.30. The Bertz CT molecular complexity index is 617. The SMILES string of the molecule is Cc1cc(S(=O)(=O)NCCCc2ncn[nH]2)sc1Br. The average molecular weight is 365 g/mol. The molecular formula is C10H13BrN4O2S2. The van der Waals surface area contributed by atoms with Gasteiger partial charge in [0.25, 0.3) is 0 Å². The largest absolute Gasteiger partial charge is 0.263 e. The third-order valence-electron chi connectivity index (χ3n) is 2.45. The Morgan fingerprint density at radius 2 is 2.32 bits per heavy atom. The van der Waals surface area contributed by atoms with E-state index in [1.807, 2.05) is 6.92 Å². The van der Waals surface area contributed by atoms with Crippen LogP contribution in [0.3, 0.4) is 0 Å². The van der Waals surface area contributed by atoms with E-state index in [-0.39, 0.29) is 0 Å². The standard InChI is InChI=1S/C10H13BrN4O2S2/c1-7-5-9(18-10(7)11)19(16,17)14-4-2-3-8-12-6-13-15-8/h5-6,14H,2-4H2,1H3,(H,12,13,15). The number of aromatic amines is 1. The fraction of sp³-hybridized carbons (Fsp3) is 0.400. The number of halogens is 1. The highest BCUT2D eigenvalue weighted by Gasteiger charge is 2.17. The summed E-state index contributed by atoms with van der Waals surface area (Å²) >= 11 is 4.54. The Morgan fingerprint density at radius 1 is 1.53 bits per heavy atom. The highest BCUT2D eigenvalue weighted by molar-refractivity contribution is 9.11. The van der Waals surface area contributed by atoms with Crippen molar-refractivity contribution >= 4 is 37.3 Å². The van der Waals surface area contributed by atoms with Crippen molar-refractivity contribution in [2.75, 3.05) is 6.54 Å². The first-order valence-electron chi connectivity index (χ1n) is 5.59. The number of nitrogens with one attached hydrogen (secondary N) is 2. The summed E-state index contributed by atoms with van der Waals surface area (Å²) in [4.78, 5) is 3.98. The van der Waals surface area contributed by atoms with Gasteiger partial charge in [-0.25, -0.2) is 18.1 Å². The number of aryl methyl sites for hydroxylation is 2. The molecule has 2 aromatic heterocycles. The molecule has 9 heteroatoms. The van der Waals surface area contributed by atoms with Crippen LogP contribution in [0, 0.1) is 6.92 Å². The molecule has 0 bridgehead atoms. The molecule has 0 atom stereocenters. The summed E-state index contributed by atoms with van der Waals surface area (Å²) in [6.45, 7) is 2.24. The van der Waals surface area contributed by atoms with E-state index in [4.69, 9.17) is 0 Å². The van der Waals surface area contributed by atoms with E-state index < -0.39 is 10.0 Å². The summed E-state index contributed by atoms with van der Waals surface area (Å²) in [6, 6.07) is 1.66. The van der Waals surface area contributed by atoms with Crippen molar-refractivity contribution in [1.82, 2.24) is 19.9 Å². The van der Waals surface area contributed by atoms with E-state index in [9.17, 15) is 8.42 Å². The number of H-pyrrole nitrogens is 1. The number of hydrogen-bond donors (Lipinski definition) is 2. The summed E-state index contributed by atoms with van der Waals surface area (Å²) in [5.74, 6) is 0.758. The van der Waals surface area contributed by atoms with Gasteiger partial charge in [0.1, 0.15) is 16.4 Å². The minimum atomic E-state index is -3.41. The van der Waals surface area contributed by atoms with E-state index in [2.05, 4.69) is 35.8 Å². The first-order chi connectivity index (χ1) is 8.99. The van der Waals surface area contributed by atoms with Crippen LogP contribution in [-0.2, 0) is 16.4 Å². The van der Waals surface area contributed by atoms with Gasteiger partial charge in [0.15, 0.2) is 0 Å². The summed E-state index contributed by atoms with van der Waals surface area (Å²) in [7, 11) is -3.41. The molecule has 2 aromatic rings. The lowest BCUT2D eigenvalue weighted by molar-refractivity contribution is 0.580. The normalized spacial score (nSPS) is 11.9. The van der Waals surface area contributed by atoms with Gasteiger partial charge in [0.2, 0.25) is 10.0 Å². The molecule has 2 rings (SSSR count). The van der Waals surface area contributed by atoms with Gasteiger partial charge in [-0.05, 0) is 40.9 Å². The van der Waals surface area contributed by atoms with Crippen LogP contribution in [0.1, 0.15) is 17.8 Å². The van der Waals surface area contributed by atoms with Crippen LogP contribution in [0.4, 0.5) is 0 Å². The quantitative estimate of drug-likeness (QED) is 0.765. The molecule has 2 heterocycles. The van der Waals surface area contributed by atoms with Gasteiger partial charge in [-0.15, -0.1) is 11.3 Å². The van der Waals surface area contributed by atoms with Gasteiger partial charge in [0.05, 0.1) is 3.79 Å². The molecule has 0 fully saturated rings. The number of hydrogen-bond acceptors (Lipinski definition) is 5. The molecule has 0 aromatic carbocycles. The molecule has 6 nitrogen and oxygen atoms in total. The Kier molecular flexibility index (Phi) is 4.71. The number of nitrogens with zero attached hydrogens (tertiary/aromatic N) is 2. The van der Waals surface area contributed by atoms with Crippen molar-refractivity contribution in [3.63, 3.8) is 0 Å². The predicted molar refractivity (Wildman–Crippen MR) is 76.6 cm³/mol. The number of sulfonamides is 1. The molecule has 0 spiro atoms. The van der Waals surface area contributed by atoms with E-state index in [0.29, 0.717) is 23.6 Å². The summed E-state index contributed by atoms with van der Waals surface area (Å²) < 4.78 is 27.8. The first kappa shape index (κ1) is 14.6. The zero-order valence-electron chi connectivity index (χ0n) is 10.2. The molecular weight excluding hydrogens is 352 g/mol. The van der Waals surface area contributed by atoms with Crippen molar-refractivity contribution in [3.05, 3.63) is 27.6 Å². The number of rotatable bonds is 6. The second-order valence-corrected chi connectivity index (χ2v) is 8.32. The molecule has 0 unspecified atom stereocenters. The van der Waals surface area contributed by atoms with Gasteiger partial charge in [-0.1, -0.05) is 0 Å². The first-order valence-corrected chi connectivity index (χ1v) is 8.68. The highest BCUT2D eigenvalue weighted by atomic mass is 79.9. The van der Waals surface area contributed by atoms with Crippen molar-refractivity contribution < 1.29 is 8.42 Å². The van der Waals surface area contributed by atoms with Crippen LogP contribution in [0.2, 0.25) is 0 Å². The molecule has 0 radical (unpaired) electrons. The topological polar surface area (TPSA) is 87.7 Å². The molecule has 104 valence electrons. The lowest BCUT2D eigenvalue weighted by atomic mass is 10.3. The average Bonchev–Trinajstić information content (AvgIpc) is 2.96. The lowest BCUT2D eigenvalue weighted by Gasteiger charge is -2.03. The Morgan fingerprint density at radius 3 is 2.89 bits per heavy atom. The monoisotopic (exact) mass is 364 g/mol. The molecule has 2 N–H and O–H groups in total. The third kappa shape index (κ3) is 3.85. The fourth-order valence-electron chi connectivity index (χ4n) is 1.45. The number of thiophene rings is 1. The van der Waals surface area contributed by atoms with E-state index in [0.717, 1.165) is 15.2 Å². The molecule has 0 aliphatic heterocycles. The molecule has 0 aliphatic rings. The summed E-state index contributed by atoms with van der Waals surface area (Å²) in [5.41, 5.74) is 0.923. The van der Waals surface area contributed by atoms with Gasteiger partial charge in [-0.3, -0.25) is 5.10 Å². The maximum atomic E-state index is 12.0. The fourth-order valence-corrected chi connectivity index (χ4v) is 4.79. The van der Waals surface area contributed by atoms with Crippen LogP contribution >= 0.6 is 27.3 Å². The van der Waals surface area contributed by atoms with Crippen LogP contribution in [0.15, 0.2) is 20.4 Å². The van der Waals surface area contributed by atoms with Gasteiger partial charge >= 0.3 is 0 Å². The Balaban J connectivity index is 1.87. The van der Waals surface area contributed by atoms with Crippen molar-refractivity contribution in [2.45, 2.75) is 24.0 Å². The van der Waals surface area contributed by atoms with Crippen molar-refractivity contribution in [3.8, 4) is 0 Å². The molecule has 0 aliphatic carbocycles. The van der Waals surface area contributed by atoms with Crippen LogP contribution < -0.4 is 4.72 Å². The maximum Gasteiger partial charge on any atom is 0.250 e. The lowest BCUT2D eigenvalue weighted by Crippen LogP contribution is -2.24. The zero-order chi connectivity index (χ0) is 13.9. The molecule has 0 saturated carbocycles. The Hall–Kier alpha value is -0.770. The zero-order valence-corrected chi connectivity index (χ0v) is 13.4. The third-order valence-corrected chi connectivity index (χ3v) is 6.52. The van der Waals surface area contributed by atoms with E-state index >= 15 is 0 Å². The second-order valence-electron chi connectivity index (χ2n) is 3.96. The molecule has 0 saturated heterocycles. The van der Waals surface area contributed by atoms with E-state index in [1.54, 1.807) is 6.07 Å². The van der Waals surface area contributed by atoms with Crippen molar-refractivity contribution in [1.29, 1.82) is 0 Å². The van der Waals surface area contributed by atoms with Crippen molar-refractivity contribution in [2.24, 2.45) is 0 Å². The summed E-state index contributed by atoms with van der Waals surface area (Å²) in [6.07, 6.45) is 2.76. The van der Waals surface area contributed by atoms with Gasteiger partial charge in [-0.2, -0.15) is 5.10 Å². The smallest absolute Gasteiger partial charge is 0.250 e. The Labute approximate surface area is 123 Å². The minimum absolute atomic E-state index is 0.330. The second kappa shape index (κ2) is 6.12. The number of aromatic nitrogens is 3. The summed E-state index contributed by atoms with van der Waals surface area (Å²) in [5, 5.41) is 6.47. The van der Waals surface area contributed by atoms with Crippen LogP contribution in [-0.4, -0.2) is 30.1 Å². The minimum Gasteiger partial charge on any atom is -0.263 e. The maximum absolute atomic E-state index is 12.0. The molecule has 0 amide bonds. The van der Waals surface area contributed by atoms with E-state index in [1.165, 1.54) is 17.7 Å². The van der Waals surface area contributed by atoms with Gasteiger partial charge < -0.3 is 0 Å². The predicted octanol–water partition coefficient (Wildman–Crippen LogP) is 1.85.